The molecule has 2 atom stereocenters. The van der Waals surface area contributed by atoms with Gasteiger partial charge in [0.15, 0.2) is 0 Å². The van der Waals surface area contributed by atoms with Crippen molar-refractivity contribution in [2.24, 2.45) is 0 Å². The molecule has 0 aliphatic heterocycles. The van der Waals surface area contributed by atoms with E-state index in [1.54, 1.807) is 0 Å². The molecule has 2 unspecified atom stereocenters. The van der Waals surface area contributed by atoms with Gasteiger partial charge in [-0.1, -0.05) is 49.2 Å². The first kappa shape index (κ1) is 41.9. The maximum absolute atomic E-state index is 10.7. The van der Waals surface area contributed by atoms with Crippen LogP contribution >= 0.6 is 0 Å². The predicted molar refractivity (Wildman–Crippen MR) is 171 cm³/mol. The van der Waals surface area contributed by atoms with Crippen molar-refractivity contribution in [1.29, 1.82) is 0 Å². The number of halogens is 6. The van der Waals surface area contributed by atoms with Gasteiger partial charge < -0.3 is 9.80 Å². The molecule has 1 aliphatic carbocycles. The van der Waals surface area contributed by atoms with Crippen LogP contribution in [0.2, 0.25) is 0 Å². The van der Waals surface area contributed by atoms with Crippen LogP contribution in [-0.2, 0) is 37.3 Å². The summed E-state index contributed by atoms with van der Waals surface area (Å²) in [6, 6.07) is 22.5. The third-order valence-electron chi connectivity index (χ3n) is 7.71. The zero-order valence-electron chi connectivity index (χ0n) is 26.5. The van der Waals surface area contributed by atoms with Gasteiger partial charge in [0.05, 0.1) is 22.4 Å². The molecule has 5 rings (SSSR count). The number of hydrogen-bond acceptors (Lipinski definition) is 8. The Kier molecular flexibility index (Phi) is 13.9. The number of likely N-dealkylation sites (N-methyl/N-ethyl adjacent to an activating group) is 2. The molecule has 2 aromatic heterocycles. The molecule has 19 heteroatoms. The van der Waals surface area contributed by atoms with Gasteiger partial charge in [0.1, 0.15) is 0 Å². The SMILES string of the molecule is Cc1ccc2cccc(N(C)C3CCCCC3N(C)c3cccc4ccc(C)nc34)c2n1.O=S(=O)(O)C(F)(F)F.O=S(=O)(O)C(F)(F)F.[Fe+2]. The van der Waals surface area contributed by atoms with Gasteiger partial charge in [0, 0.05) is 48.3 Å². The quantitative estimate of drug-likeness (QED) is 0.0957. The topological polar surface area (TPSA) is 141 Å². The average Bonchev–Trinajstić information content (AvgIpc) is 2.98. The molecule has 4 aromatic rings. The van der Waals surface area contributed by atoms with Gasteiger partial charge in [-0.3, -0.25) is 19.1 Å². The second-order valence-electron chi connectivity index (χ2n) is 11.1. The van der Waals surface area contributed by atoms with Crippen LogP contribution < -0.4 is 9.80 Å². The minimum atomic E-state index is -5.84. The summed E-state index contributed by atoms with van der Waals surface area (Å²) in [5, 5.41) is 2.41. The van der Waals surface area contributed by atoms with Crippen molar-refractivity contribution in [3.05, 3.63) is 72.1 Å². The monoisotopic (exact) mass is 780 g/mol. The Hall–Kier alpha value is -3.22. The molecule has 0 spiro atoms. The van der Waals surface area contributed by atoms with E-state index in [4.69, 9.17) is 35.9 Å². The van der Waals surface area contributed by atoms with Gasteiger partial charge in [-0.25, -0.2) is 0 Å². The number of nitrogens with zero attached hydrogens (tertiary/aromatic N) is 4. The molecule has 1 saturated carbocycles. The Morgan fingerprint density at radius 2 is 0.939 bits per heavy atom. The van der Waals surface area contributed by atoms with E-state index in [1.165, 1.54) is 47.8 Å². The second kappa shape index (κ2) is 16.2. The Bertz CT molecular complexity index is 1820. The molecule has 0 saturated heterocycles. The van der Waals surface area contributed by atoms with E-state index in [-0.39, 0.29) is 17.1 Å². The van der Waals surface area contributed by atoms with E-state index < -0.39 is 31.3 Å². The largest absolute Gasteiger partial charge is 2.00 e. The number of pyridine rings is 2. The molecule has 2 N–H and O–H groups in total. The number of alkyl halides is 6. The van der Waals surface area contributed by atoms with Crippen LogP contribution in [0.5, 0.6) is 0 Å². The summed E-state index contributed by atoms with van der Waals surface area (Å²) in [7, 11) is -7.18. The van der Waals surface area contributed by atoms with E-state index in [2.05, 4.69) is 98.4 Å². The van der Waals surface area contributed by atoms with Gasteiger partial charge in [0.25, 0.3) is 0 Å². The van der Waals surface area contributed by atoms with Crippen molar-refractivity contribution in [1.82, 2.24) is 9.97 Å². The standard InChI is InChI=1S/C28H32N4.2CHF3O3S.Fe/c1-19-15-17-21-9-7-13-25(27(21)29-19)31(3)23-11-5-6-12-24(23)32(4)26-14-8-10-22-18-16-20(2)30-28(22)26;2*2-1(3,4)8(5,6)7;/h7-10,13-18,23-24H,5-6,11-12H2,1-4H3;2*(H,5,6,7);/q;;;+2. The van der Waals surface area contributed by atoms with Crippen molar-refractivity contribution >= 4 is 53.4 Å². The van der Waals surface area contributed by atoms with Crippen molar-refractivity contribution in [2.45, 2.75) is 62.6 Å². The fourth-order valence-corrected chi connectivity index (χ4v) is 5.38. The zero-order chi connectivity index (χ0) is 36.2. The number of aryl methyl sites for hydroxylation is 2. The summed E-state index contributed by atoms with van der Waals surface area (Å²) in [6.07, 6.45) is 4.91. The fraction of sp³-hybridized carbons (Fsp3) is 0.400. The fourth-order valence-electron chi connectivity index (χ4n) is 5.38. The third kappa shape index (κ3) is 10.6. The van der Waals surface area contributed by atoms with Crippen LogP contribution in [-0.4, -0.2) is 73.1 Å². The van der Waals surface area contributed by atoms with Crippen molar-refractivity contribution in [3.63, 3.8) is 0 Å². The normalized spacial score (nSPS) is 16.8. The second-order valence-corrected chi connectivity index (χ2v) is 13.9. The van der Waals surface area contributed by atoms with Crippen LogP contribution in [0.3, 0.4) is 0 Å². The predicted octanol–water partition coefficient (Wildman–Crippen LogP) is 7.07. The Labute approximate surface area is 290 Å². The van der Waals surface area contributed by atoms with Crippen molar-refractivity contribution < 1.29 is 69.4 Å². The Morgan fingerprint density at radius 3 is 1.22 bits per heavy atom. The first-order chi connectivity index (χ1) is 22.0. The first-order valence-corrected chi connectivity index (χ1v) is 17.2. The minimum absolute atomic E-state index is 0. The third-order valence-corrected chi connectivity index (χ3v) is 8.88. The molecule has 1 fully saturated rings. The zero-order valence-corrected chi connectivity index (χ0v) is 29.2. The van der Waals surface area contributed by atoms with Crippen LogP contribution in [0.1, 0.15) is 37.1 Å². The summed E-state index contributed by atoms with van der Waals surface area (Å²) in [4.78, 5) is 14.8. The van der Waals surface area contributed by atoms with Crippen molar-refractivity contribution in [2.75, 3.05) is 23.9 Å². The van der Waals surface area contributed by atoms with Crippen molar-refractivity contribution in [3.8, 4) is 0 Å². The van der Waals surface area contributed by atoms with E-state index in [0.717, 1.165) is 22.4 Å². The van der Waals surface area contributed by atoms with Crippen LogP contribution in [0.4, 0.5) is 37.7 Å². The molecule has 49 heavy (non-hydrogen) atoms. The number of hydrogen-bond donors (Lipinski definition) is 2. The maximum Gasteiger partial charge on any atom is 2.00 e. The minimum Gasteiger partial charge on any atom is -0.368 e. The van der Waals surface area contributed by atoms with Crippen LogP contribution in [0.25, 0.3) is 21.8 Å². The molecule has 10 nitrogen and oxygen atoms in total. The molecular formula is C30H34F6FeN4O6S2+2. The summed E-state index contributed by atoms with van der Waals surface area (Å²) in [6.45, 7) is 4.14. The number of aromatic nitrogens is 2. The van der Waals surface area contributed by atoms with E-state index in [0.29, 0.717) is 12.1 Å². The summed E-state index contributed by atoms with van der Waals surface area (Å²) < 4.78 is 115. The summed E-state index contributed by atoms with van der Waals surface area (Å²) in [5.41, 5.74) is -4.29. The first-order valence-electron chi connectivity index (χ1n) is 14.3. The molecule has 0 amide bonds. The van der Waals surface area contributed by atoms with Gasteiger partial charge >= 0.3 is 48.3 Å². The van der Waals surface area contributed by atoms with Gasteiger partial charge in [-0.15, -0.1) is 0 Å². The Balaban J connectivity index is 0.000000410. The summed E-state index contributed by atoms with van der Waals surface area (Å²) >= 11 is 0. The molecule has 2 aromatic carbocycles. The molecule has 0 radical (unpaired) electrons. The number of rotatable bonds is 4. The van der Waals surface area contributed by atoms with E-state index in [1.807, 2.05) is 0 Å². The molecule has 1 aliphatic rings. The molecule has 270 valence electrons. The number of benzene rings is 2. The Morgan fingerprint density at radius 1 is 0.633 bits per heavy atom. The molecule has 0 bridgehead atoms. The number of anilines is 2. The number of fused-ring (bicyclic) bond motifs is 2. The van der Waals surface area contributed by atoms with E-state index in [9.17, 15) is 26.3 Å². The van der Waals surface area contributed by atoms with Gasteiger partial charge in [-0.2, -0.15) is 43.2 Å². The molecule has 2 heterocycles. The summed E-state index contributed by atoms with van der Waals surface area (Å²) in [5.74, 6) is 0. The average molecular weight is 781 g/mol. The number of para-hydroxylation sites is 2. The van der Waals surface area contributed by atoms with Gasteiger partial charge in [0.2, 0.25) is 0 Å². The smallest absolute Gasteiger partial charge is 0.368 e. The van der Waals surface area contributed by atoms with Gasteiger partial charge in [-0.05, 0) is 51.0 Å². The van der Waals surface area contributed by atoms with Crippen LogP contribution in [0.15, 0.2) is 60.7 Å². The molecular weight excluding hydrogens is 746 g/mol. The maximum atomic E-state index is 10.7. The van der Waals surface area contributed by atoms with E-state index >= 15 is 0 Å². The van der Waals surface area contributed by atoms with Crippen LogP contribution in [0, 0.1) is 13.8 Å².